The molecule has 0 aliphatic carbocycles. The topological polar surface area (TPSA) is 91.0 Å². The molecule has 0 spiro atoms. The highest BCUT2D eigenvalue weighted by molar-refractivity contribution is 6.14. The number of esters is 1. The fraction of sp³-hybridized carbons (Fsp3) is 0.0476. The number of nitrogens with zero attached hydrogens (tertiary/aromatic N) is 2. The average molecular weight is 374 g/mol. The van der Waals surface area contributed by atoms with Crippen molar-refractivity contribution in [1.82, 2.24) is 0 Å². The zero-order chi connectivity index (χ0) is 19.7. The van der Waals surface area contributed by atoms with Gasteiger partial charge in [-0.15, -0.1) is 0 Å². The molecule has 1 aliphatic heterocycles. The first-order valence-electron chi connectivity index (χ1n) is 8.40. The summed E-state index contributed by atoms with van der Waals surface area (Å²) in [6, 6.07) is 17.6. The van der Waals surface area contributed by atoms with Gasteiger partial charge in [0.1, 0.15) is 5.75 Å². The molecule has 1 aliphatic rings. The van der Waals surface area contributed by atoms with Gasteiger partial charge >= 0.3 is 5.97 Å². The van der Waals surface area contributed by atoms with Crippen LogP contribution in [0.1, 0.15) is 11.1 Å². The molecule has 7 heteroatoms. The van der Waals surface area contributed by atoms with E-state index in [1.54, 1.807) is 6.08 Å². The number of fused-ring (bicyclic) bond motifs is 1. The summed E-state index contributed by atoms with van der Waals surface area (Å²) in [5.41, 5.74) is 1.02. The highest BCUT2D eigenvalue weighted by atomic mass is 16.6. The molecule has 0 N–H and O–H groups in total. The second kappa shape index (κ2) is 6.96. The zero-order valence-electron chi connectivity index (χ0n) is 14.8. The number of methoxy groups -OCH3 is 1. The molecule has 0 saturated heterocycles. The van der Waals surface area contributed by atoms with Gasteiger partial charge in [0.15, 0.2) is 5.70 Å². The molecule has 0 aromatic heterocycles. The van der Waals surface area contributed by atoms with Gasteiger partial charge in [-0.25, -0.2) is 9.79 Å². The van der Waals surface area contributed by atoms with Crippen molar-refractivity contribution in [2.75, 3.05) is 7.11 Å². The Balaban J connectivity index is 1.80. The van der Waals surface area contributed by atoms with Crippen molar-refractivity contribution in [1.29, 1.82) is 0 Å². The summed E-state index contributed by atoms with van der Waals surface area (Å²) >= 11 is 0. The van der Waals surface area contributed by atoms with Crippen molar-refractivity contribution in [3.63, 3.8) is 0 Å². The summed E-state index contributed by atoms with van der Waals surface area (Å²) in [5, 5.41) is 13.1. The van der Waals surface area contributed by atoms with Crippen molar-refractivity contribution >= 4 is 34.4 Å². The number of ether oxygens (including phenoxy) is 2. The van der Waals surface area contributed by atoms with Gasteiger partial charge in [-0.3, -0.25) is 10.1 Å². The number of nitro benzene ring substituents is 1. The number of hydrogen-bond acceptors (Lipinski definition) is 6. The van der Waals surface area contributed by atoms with Crippen molar-refractivity contribution in [3.8, 4) is 5.75 Å². The van der Waals surface area contributed by atoms with E-state index in [9.17, 15) is 14.9 Å². The summed E-state index contributed by atoms with van der Waals surface area (Å²) in [6.45, 7) is 0. The first-order valence-corrected chi connectivity index (χ1v) is 8.40. The Morgan fingerprint density at radius 2 is 1.89 bits per heavy atom. The number of carbonyl (C=O) groups is 1. The SMILES string of the molecule is COc1ccc([N+](=O)[O-])cc1C1=N/C(=C\c2cccc3ccccc23)C(=O)O1. The fourth-order valence-corrected chi connectivity index (χ4v) is 3.02. The number of nitro groups is 1. The lowest BCUT2D eigenvalue weighted by Gasteiger charge is -2.06. The monoisotopic (exact) mass is 374 g/mol. The molecule has 0 fully saturated rings. The van der Waals surface area contributed by atoms with Crippen molar-refractivity contribution in [2.45, 2.75) is 0 Å². The minimum absolute atomic E-state index is 0.0305. The first kappa shape index (κ1) is 17.4. The van der Waals surface area contributed by atoms with Crippen LogP contribution in [0.4, 0.5) is 5.69 Å². The van der Waals surface area contributed by atoms with E-state index in [4.69, 9.17) is 9.47 Å². The van der Waals surface area contributed by atoms with Crippen LogP contribution in [0.3, 0.4) is 0 Å². The number of hydrogen-bond donors (Lipinski definition) is 0. The van der Waals surface area contributed by atoms with E-state index >= 15 is 0 Å². The average Bonchev–Trinajstić information content (AvgIpc) is 3.08. The third-order valence-corrected chi connectivity index (χ3v) is 4.36. The molecule has 0 atom stereocenters. The van der Waals surface area contributed by atoms with E-state index in [-0.39, 0.29) is 22.8 Å². The predicted molar refractivity (Wildman–Crippen MR) is 104 cm³/mol. The largest absolute Gasteiger partial charge is 0.496 e. The Kier molecular flexibility index (Phi) is 4.33. The molecule has 0 saturated carbocycles. The maximum Gasteiger partial charge on any atom is 0.363 e. The van der Waals surface area contributed by atoms with E-state index < -0.39 is 10.9 Å². The lowest BCUT2D eigenvalue weighted by molar-refractivity contribution is -0.384. The van der Waals surface area contributed by atoms with Crippen LogP contribution in [0.25, 0.3) is 16.8 Å². The molecule has 28 heavy (non-hydrogen) atoms. The lowest BCUT2D eigenvalue weighted by Crippen LogP contribution is -2.07. The second-order valence-corrected chi connectivity index (χ2v) is 6.05. The summed E-state index contributed by atoms with van der Waals surface area (Å²) in [4.78, 5) is 27.1. The normalized spacial score (nSPS) is 14.8. The summed E-state index contributed by atoms with van der Waals surface area (Å²) in [6.07, 6.45) is 1.64. The Morgan fingerprint density at radius 3 is 2.68 bits per heavy atom. The molecule has 138 valence electrons. The van der Waals surface area contributed by atoms with Gasteiger partial charge in [0, 0.05) is 12.1 Å². The smallest absolute Gasteiger partial charge is 0.363 e. The molecule has 1 heterocycles. The molecular weight excluding hydrogens is 360 g/mol. The van der Waals surface area contributed by atoms with E-state index in [2.05, 4.69) is 4.99 Å². The Bertz CT molecular complexity index is 1180. The first-order chi connectivity index (χ1) is 13.6. The number of aliphatic imine (C=N–C) groups is 1. The van der Waals surface area contributed by atoms with Gasteiger partial charge in [0.05, 0.1) is 17.6 Å². The molecule has 0 radical (unpaired) electrons. The zero-order valence-corrected chi connectivity index (χ0v) is 14.8. The lowest BCUT2D eigenvalue weighted by atomic mass is 10.0. The maximum absolute atomic E-state index is 12.3. The number of carbonyl (C=O) groups excluding carboxylic acids is 1. The van der Waals surface area contributed by atoms with E-state index in [1.807, 2.05) is 42.5 Å². The van der Waals surface area contributed by atoms with E-state index in [0.29, 0.717) is 5.75 Å². The number of benzene rings is 3. The molecule has 7 nitrogen and oxygen atoms in total. The third kappa shape index (κ3) is 3.09. The Labute approximate surface area is 159 Å². The van der Waals surface area contributed by atoms with Gasteiger partial charge in [-0.05, 0) is 28.5 Å². The van der Waals surface area contributed by atoms with Crippen LogP contribution in [-0.4, -0.2) is 23.9 Å². The van der Waals surface area contributed by atoms with Crippen LogP contribution < -0.4 is 4.74 Å². The fourth-order valence-electron chi connectivity index (χ4n) is 3.02. The van der Waals surface area contributed by atoms with Crippen LogP contribution >= 0.6 is 0 Å². The standard InChI is InChI=1S/C21H14N2O5/c1-27-19-10-9-15(23(25)26)12-17(19)20-22-18(21(24)28-20)11-14-7-4-6-13-5-2-3-8-16(13)14/h2-12H,1H3/b18-11-. The van der Waals surface area contributed by atoms with Gasteiger partial charge in [0.2, 0.25) is 5.90 Å². The Morgan fingerprint density at radius 1 is 1.11 bits per heavy atom. The summed E-state index contributed by atoms with van der Waals surface area (Å²) in [7, 11) is 1.43. The third-order valence-electron chi connectivity index (χ3n) is 4.36. The Hall–Kier alpha value is -4.00. The summed E-state index contributed by atoms with van der Waals surface area (Å²) < 4.78 is 10.5. The van der Waals surface area contributed by atoms with E-state index in [1.165, 1.54) is 25.3 Å². The van der Waals surface area contributed by atoms with Crippen molar-refractivity contribution < 1.29 is 19.2 Å². The number of rotatable bonds is 4. The molecule has 0 amide bonds. The van der Waals surface area contributed by atoms with Gasteiger partial charge in [0.25, 0.3) is 5.69 Å². The maximum atomic E-state index is 12.3. The van der Waals surface area contributed by atoms with E-state index in [0.717, 1.165) is 16.3 Å². The summed E-state index contributed by atoms with van der Waals surface area (Å²) in [5.74, 6) is -0.336. The minimum Gasteiger partial charge on any atom is -0.496 e. The van der Waals surface area contributed by atoms with Crippen LogP contribution in [0.5, 0.6) is 5.75 Å². The van der Waals surface area contributed by atoms with Crippen LogP contribution in [0.2, 0.25) is 0 Å². The highest BCUT2D eigenvalue weighted by Gasteiger charge is 2.28. The van der Waals surface area contributed by atoms with Crippen LogP contribution in [-0.2, 0) is 9.53 Å². The highest BCUT2D eigenvalue weighted by Crippen LogP contribution is 2.29. The molecule has 3 aromatic rings. The number of cyclic esters (lactones) is 1. The minimum atomic E-state index is -0.628. The predicted octanol–water partition coefficient (Wildman–Crippen LogP) is 4.10. The van der Waals surface area contributed by atoms with Crippen LogP contribution in [0, 0.1) is 10.1 Å². The van der Waals surface area contributed by atoms with Gasteiger partial charge < -0.3 is 9.47 Å². The van der Waals surface area contributed by atoms with Gasteiger partial charge in [-0.1, -0.05) is 42.5 Å². The van der Waals surface area contributed by atoms with Crippen LogP contribution in [0.15, 0.2) is 71.4 Å². The van der Waals surface area contributed by atoms with Crippen molar-refractivity contribution in [3.05, 3.63) is 87.6 Å². The molecule has 0 bridgehead atoms. The molecule has 4 rings (SSSR count). The quantitative estimate of drug-likeness (QED) is 0.297. The molecule has 3 aromatic carbocycles. The molecule has 0 unspecified atom stereocenters. The van der Waals surface area contributed by atoms with Gasteiger partial charge in [-0.2, -0.15) is 0 Å². The second-order valence-electron chi connectivity index (χ2n) is 6.05. The van der Waals surface area contributed by atoms with Crippen molar-refractivity contribution in [2.24, 2.45) is 4.99 Å². The molecular formula is C21H14N2O5. The number of non-ortho nitro benzene ring substituents is 1.